The summed E-state index contributed by atoms with van der Waals surface area (Å²) < 4.78 is 11.7. The highest BCUT2D eigenvalue weighted by Crippen LogP contribution is 2.21. The van der Waals surface area contributed by atoms with Gasteiger partial charge in [0.15, 0.2) is 12.4 Å². The van der Waals surface area contributed by atoms with E-state index in [1.54, 1.807) is 0 Å². The van der Waals surface area contributed by atoms with E-state index in [1.165, 1.54) is 24.9 Å². The summed E-state index contributed by atoms with van der Waals surface area (Å²) in [6, 6.07) is 0. The van der Waals surface area contributed by atoms with Crippen LogP contribution >= 0.6 is 0 Å². The summed E-state index contributed by atoms with van der Waals surface area (Å²) in [6.07, 6.45) is 1.30. The van der Waals surface area contributed by atoms with Gasteiger partial charge in [-0.2, -0.15) is 15.0 Å². The fraction of sp³-hybridized carbons (Fsp3) is 0.231. The van der Waals surface area contributed by atoms with E-state index in [9.17, 15) is 9.59 Å². The second-order valence-corrected chi connectivity index (χ2v) is 4.92. The van der Waals surface area contributed by atoms with Crippen LogP contribution in [0.25, 0.3) is 11.1 Å². The Morgan fingerprint density at radius 2 is 1.96 bits per heavy atom. The van der Waals surface area contributed by atoms with Crippen molar-refractivity contribution in [2.75, 3.05) is 11.5 Å². The Morgan fingerprint density at radius 3 is 2.62 bits per heavy atom. The number of nitrogens with zero attached hydrogens (tertiary/aromatic N) is 5. The minimum absolute atomic E-state index is 0.00806. The maximum Gasteiger partial charge on any atom is 0.343 e. The van der Waals surface area contributed by atoms with Crippen LogP contribution in [0.4, 0.5) is 11.9 Å². The molecule has 0 aliphatic heterocycles. The molecule has 3 heterocycles. The molecule has 0 bridgehead atoms. The van der Waals surface area contributed by atoms with Crippen LogP contribution in [0.15, 0.2) is 15.5 Å². The Kier molecular flexibility index (Phi) is 3.60. The van der Waals surface area contributed by atoms with Crippen LogP contribution in [0.3, 0.4) is 0 Å². The highest BCUT2D eigenvalue weighted by atomic mass is 16.5. The van der Waals surface area contributed by atoms with Gasteiger partial charge in [-0.3, -0.25) is 4.79 Å². The number of furan rings is 1. The molecule has 0 fully saturated rings. The number of carbonyl (C=O) groups is 1. The van der Waals surface area contributed by atoms with Crippen LogP contribution in [-0.4, -0.2) is 30.5 Å². The summed E-state index contributed by atoms with van der Waals surface area (Å²) in [6.45, 7) is 1.25. The molecule has 0 saturated heterocycles. The lowest BCUT2D eigenvalue weighted by molar-refractivity contribution is 0.0462. The zero-order chi connectivity index (χ0) is 17.4. The quantitative estimate of drug-likeness (QED) is 0.600. The number of aromatic nitrogens is 5. The lowest BCUT2D eigenvalue weighted by atomic mass is 10.2. The van der Waals surface area contributed by atoms with Gasteiger partial charge in [0.05, 0.1) is 0 Å². The lowest BCUT2D eigenvalue weighted by Crippen LogP contribution is -2.19. The van der Waals surface area contributed by atoms with E-state index in [4.69, 9.17) is 20.6 Å². The molecule has 0 saturated carbocycles. The number of aryl methyl sites for hydroxylation is 2. The van der Waals surface area contributed by atoms with E-state index in [1.807, 2.05) is 0 Å². The number of ether oxygens (including phenoxy) is 1. The lowest BCUT2D eigenvalue weighted by Gasteiger charge is -2.04. The molecule has 0 amide bonds. The number of nitrogen functional groups attached to an aromatic ring is 2. The number of hydrogen-bond acceptors (Lipinski definition) is 10. The number of rotatable bonds is 3. The van der Waals surface area contributed by atoms with Crippen molar-refractivity contribution < 1.29 is 13.9 Å². The fourth-order valence-corrected chi connectivity index (χ4v) is 2.16. The topological polar surface area (TPSA) is 165 Å². The molecule has 3 rings (SSSR count). The Balaban J connectivity index is 1.93. The summed E-state index contributed by atoms with van der Waals surface area (Å²) >= 11 is 0. The first-order valence-corrected chi connectivity index (χ1v) is 6.74. The third-order valence-electron chi connectivity index (χ3n) is 3.20. The van der Waals surface area contributed by atoms with Crippen LogP contribution < -0.4 is 17.0 Å². The van der Waals surface area contributed by atoms with E-state index in [0.29, 0.717) is 0 Å². The molecule has 0 aromatic carbocycles. The number of esters is 1. The van der Waals surface area contributed by atoms with Crippen molar-refractivity contribution in [2.45, 2.75) is 13.5 Å². The molecule has 3 aromatic heterocycles. The molecule has 0 atom stereocenters. The van der Waals surface area contributed by atoms with Gasteiger partial charge in [0, 0.05) is 7.05 Å². The van der Waals surface area contributed by atoms with Crippen LogP contribution in [0.2, 0.25) is 0 Å². The first-order chi connectivity index (χ1) is 11.4. The van der Waals surface area contributed by atoms with Gasteiger partial charge in [0.2, 0.25) is 17.6 Å². The maximum absolute atomic E-state index is 12.4. The third-order valence-corrected chi connectivity index (χ3v) is 3.20. The number of fused-ring (bicyclic) bond motifs is 1. The monoisotopic (exact) mass is 331 g/mol. The number of anilines is 2. The van der Waals surface area contributed by atoms with E-state index >= 15 is 0 Å². The zero-order valence-corrected chi connectivity index (χ0v) is 12.8. The van der Waals surface area contributed by atoms with Crippen LogP contribution in [-0.2, 0) is 18.4 Å². The molecule has 0 aliphatic carbocycles. The van der Waals surface area contributed by atoms with Crippen molar-refractivity contribution >= 4 is 29.0 Å². The Labute approximate surface area is 134 Å². The average molecular weight is 331 g/mol. The number of nitrogens with two attached hydrogens (primary N) is 2. The molecule has 0 spiro atoms. The van der Waals surface area contributed by atoms with Gasteiger partial charge in [0.1, 0.15) is 23.0 Å². The van der Waals surface area contributed by atoms with Gasteiger partial charge >= 0.3 is 5.97 Å². The van der Waals surface area contributed by atoms with E-state index in [-0.39, 0.29) is 46.8 Å². The van der Waals surface area contributed by atoms with Crippen molar-refractivity contribution in [2.24, 2.45) is 7.05 Å². The first kappa shape index (κ1) is 15.4. The summed E-state index contributed by atoms with van der Waals surface area (Å²) in [5.41, 5.74) is 10.5. The summed E-state index contributed by atoms with van der Waals surface area (Å²) in [7, 11) is 1.52. The molecule has 124 valence electrons. The van der Waals surface area contributed by atoms with Gasteiger partial charge in [-0.25, -0.2) is 9.78 Å². The van der Waals surface area contributed by atoms with Crippen molar-refractivity contribution in [3.8, 4) is 0 Å². The Morgan fingerprint density at radius 1 is 1.29 bits per heavy atom. The van der Waals surface area contributed by atoms with Crippen molar-refractivity contribution in [1.29, 1.82) is 0 Å². The van der Waals surface area contributed by atoms with Gasteiger partial charge in [-0.1, -0.05) is 0 Å². The Bertz CT molecular complexity index is 987. The minimum atomic E-state index is -0.770. The number of hydrogen-bond donors (Lipinski definition) is 2. The maximum atomic E-state index is 12.4. The third kappa shape index (κ3) is 2.62. The average Bonchev–Trinajstić information content (AvgIpc) is 2.85. The molecule has 0 unspecified atom stereocenters. The zero-order valence-electron chi connectivity index (χ0n) is 12.8. The van der Waals surface area contributed by atoms with E-state index < -0.39 is 11.5 Å². The largest absolute Gasteiger partial charge is 0.454 e. The van der Waals surface area contributed by atoms with Crippen molar-refractivity contribution in [3.05, 3.63) is 33.8 Å². The standard InChI is InChI=1S/C13H13N7O4/c1-5-7(8-9(24-5)16-4-20(2)10(8)21)11(22)23-3-6-17-12(14)19-13(15)18-6/h4H,3H2,1-2H3,(H4,14,15,17,18,19). The Hall–Kier alpha value is -3.50. The van der Waals surface area contributed by atoms with Gasteiger partial charge in [-0.15, -0.1) is 0 Å². The van der Waals surface area contributed by atoms with Crippen molar-refractivity contribution in [3.63, 3.8) is 0 Å². The van der Waals surface area contributed by atoms with Gasteiger partial charge < -0.3 is 25.2 Å². The molecular formula is C13H13N7O4. The molecule has 24 heavy (non-hydrogen) atoms. The van der Waals surface area contributed by atoms with E-state index in [2.05, 4.69) is 19.9 Å². The van der Waals surface area contributed by atoms with Gasteiger partial charge in [0.25, 0.3) is 5.56 Å². The first-order valence-electron chi connectivity index (χ1n) is 6.74. The smallest absolute Gasteiger partial charge is 0.343 e. The highest BCUT2D eigenvalue weighted by molar-refractivity contribution is 6.03. The van der Waals surface area contributed by atoms with Crippen LogP contribution in [0, 0.1) is 6.92 Å². The SMILES string of the molecule is Cc1oc2ncn(C)c(=O)c2c1C(=O)OCc1nc(N)nc(N)n1. The summed E-state index contributed by atoms with van der Waals surface area (Å²) in [5.74, 6) is -0.632. The second kappa shape index (κ2) is 5.61. The molecule has 11 nitrogen and oxygen atoms in total. The molecule has 11 heteroatoms. The minimum Gasteiger partial charge on any atom is -0.454 e. The molecule has 3 aromatic rings. The summed E-state index contributed by atoms with van der Waals surface area (Å²) in [4.78, 5) is 39.8. The highest BCUT2D eigenvalue weighted by Gasteiger charge is 2.24. The molecular weight excluding hydrogens is 318 g/mol. The van der Waals surface area contributed by atoms with Crippen molar-refractivity contribution in [1.82, 2.24) is 24.5 Å². The molecule has 0 radical (unpaired) electrons. The van der Waals surface area contributed by atoms with Crippen LogP contribution in [0.5, 0.6) is 0 Å². The number of carbonyl (C=O) groups excluding carboxylic acids is 1. The summed E-state index contributed by atoms with van der Waals surface area (Å²) in [5, 5.41) is 0.0529. The normalized spacial score (nSPS) is 10.9. The second-order valence-electron chi connectivity index (χ2n) is 4.92. The van der Waals surface area contributed by atoms with Gasteiger partial charge in [-0.05, 0) is 6.92 Å². The van der Waals surface area contributed by atoms with Crippen LogP contribution in [0.1, 0.15) is 21.9 Å². The predicted octanol–water partition coefficient (Wildman–Crippen LogP) is -0.459. The van der Waals surface area contributed by atoms with E-state index in [0.717, 1.165) is 0 Å². The molecule has 4 N–H and O–H groups in total. The molecule has 0 aliphatic rings. The fourth-order valence-electron chi connectivity index (χ4n) is 2.16. The predicted molar refractivity (Wildman–Crippen MR) is 81.8 cm³/mol.